The van der Waals surface area contributed by atoms with Crippen LogP contribution in [0.15, 0.2) is 48.6 Å². The van der Waals surface area contributed by atoms with Crippen LogP contribution < -0.4 is 4.89 Å². The molecule has 2 unspecified atom stereocenters. The minimum Gasteiger partial charge on any atom is -0.756 e. The van der Waals surface area contributed by atoms with Crippen molar-refractivity contribution in [2.24, 2.45) is 0 Å². The third-order valence-electron chi connectivity index (χ3n) is 9.13. The molecule has 0 saturated heterocycles. The number of hydrogen-bond acceptors (Lipinski definition) is 8. The molecule has 0 N–H and O–H groups in total. The normalized spacial score (nSPS) is 14.1. The molecule has 55 heavy (non-hydrogen) atoms. The van der Waals surface area contributed by atoms with E-state index in [-0.39, 0.29) is 26.1 Å². The molecule has 0 amide bonds. The zero-order valence-corrected chi connectivity index (χ0v) is 36.8. The molecule has 0 aliphatic rings. The Kier molecular flexibility index (Phi) is 36.2. The van der Waals surface area contributed by atoms with Crippen molar-refractivity contribution < 1.29 is 42.1 Å². The SMILES string of the molecule is CC/C=C\C/C=C\C/C=C\C/C=C\CCC(=O)OC(COC(=O)CCCCCCCCCCCCCCCCCCCC)COP(=O)([O-])OCC[N+](C)(C)C. The number of carbonyl (C=O) groups excluding carboxylic acids is 2. The smallest absolute Gasteiger partial charge is 0.306 e. The number of likely N-dealkylation sites (N-methyl/N-ethyl adjacent to an activating group) is 1. The minimum atomic E-state index is -4.64. The number of ether oxygens (including phenoxy) is 2. The lowest BCUT2D eigenvalue weighted by molar-refractivity contribution is -0.870. The largest absolute Gasteiger partial charge is 0.756 e. The fraction of sp³-hybridized carbons (Fsp3) is 0.778. The average Bonchev–Trinajstić information content (AvgIpc) is 3.13. The molecular formula is C45H82NO8P. The van der Waals surface area contributed by atoms with E-state index in [1.807, 2.05) is 33.3 Å². The van der Waals surface area contributed by atoms with Crippen molar-refractivity contribution in [3.05, 3.63) is 48.6 Å². The molecule has 0 spiro atoms. The number of hydrogen-bond donors (Lipinski definition) is 0. The van der Waals surface area contributed by atoms with Crippen LogP contribution in [0.5, 0.6) is 0 Å². The number of unbranched alkanes of at least 4 members (excludes halogenated alkanes) is 17. The first-order valence-electron chi connectivity index (χ1n) is 21.8. The second-order valence-electron chi connectivity index (χ2n) is 15.7. The molecule has 0 aromatic rings. The summed E-state index contributed by atoms with van der Waals surface area (Å²) in [6.45, 7) is 4.03. The molecule has 0 rings (SSSR count). The summed E-state index contributed by atoms with van der Waals surface area (Å²) < 4.78 is 33.8. The van der Waals surface area contributed by atoms with Gasteiger partial charge in [0, 0.05) is 12.8 Å². The molecular weight excluding hydrogens is 713 g/mol. The second-order valence-corrected chi connectivity index (χ2v) is 17.1. The first-order chi connectivity index (χ1) is 26.5. The van der Waals surface area contributed by atoms with Crippen molar-refractivity contribution >= 4 is 19.8 Å². The van der Waals surface area contributed by atoms with Crippen LogP contribution in [0.2, 0.25) is 0 Å². The van der Waals surface area contributed by atoms with Crippen LogP contribution in [0.1, 0.15) is 174 Å². The van der Waals surface area contributed by atoms with E-state index in [9.17, 15) is 19.0 Å². The van der Waals surface area contributed by atoms with Crippen molar-refractivity contribution in [2.45, 2.75) is 180 Å². The zero-order valence-electron chi connectivity index (χ0n) is 35.9. The molecule has 10 heteroatoms. The molecule has 0 aromatic heterocycles. The maximum atomic E-state index is 12.6. The molecule has 9 nitrogen and oxygen atoms in total. The molecule has 0 heterocycles. The topological polar surface area (TPSA) is 111 Å². The van der Waals surface area contributed by atoms with Gasteiger partial charge in [-0.3, -0.25) is 14.2 Å². The van der Waals surface area contributed by atoms with Gasteiger partial charge >= 0.3 is 11.9 Å². The fourth-order valence-corrected chi connectivity index (χ4v) is 6.46. The van der Waals surface area contributed by atoms with E-state index in [0.29, 0.717) is 17.4 Å². The summed E-state index contributed by atoms with van der Waals surface area (Å²) in [5.41, 5.74) is 0. The molecule has 0 saturated carbocycles. The van der Waals surface area contributed by atoms with Crippen LogP contribution in [0, 0.1) is 0 Å². The average molecular weight is 796 g/mol. The molecule has 0 aromatic carbocycles. The lowest BCUT2D eigenvalue weighted by Crippen LogP contribution is -2.37. The molecule has 0 fully saturated rings. The molecule has 0 aliphatic heterocycles. The highest BCUT2D eigenvalue weighted by molar-refractivity contribution is 7.45. The van der Waals surface area contributed by atoms with Gasteiger partial charge in [-0.2, -0.15) is 0 Å². The Hall–Kier alpha value is -2.03. The molecule has 0 bridgehead atoms. The summed E-state index contributed by atoms with van der Waals surface area (Å²) in [6, 6.07) is 0. The summed E-state index contributed by atoms with van der Waals surface area (Å²) in [7, 11) is 1.12. The van der Waals surface area contributed by atoms with Gasteiger partial charge in [-0.05, 0) is 38.5 Å². The van der Waals surface area contributed by atoms with Crippen molar-refractivity contribution in [3.63, 3.8) is 0 Å². The second kappa shape index (κ2) is 37.5. The maximum absolute atomic E-state index is 12.6. The first-order valence-corrected chi connectivity index (χ1v) is 23.3. The van der Waals surface area contributed by atoms with E-state index in [0.717, 1.165) is 44.9 Å². The van der Waals surface area contributed by atoms with Gasteiger partial charge in [-0.15, -0.1) is 0 Å². The zero-order chi connectivity index (χ0) is 40.7. The quantitative estimate of drug-likeness (QED) is 0.0199. The third-order valence-corrected chi connectivity index (χ3v) is 10.1. The Bertz CT molecular complexity index is 1080. The minimum absolute atomic E-state index is 0.0437. The van der Waals surface area contributed by atoms with E-state index in [2.05, 4.69) is 50.3 Å². The van der Waals surface area contributed by atoms with Gasteiger partial charge in [0.05, 0.1) is 27.7 Å². The Morgan fingerprint density at radius 2 is 1.04 bits per heavy atom. The van der Waals surface area contributed by atoms with Gasteiger partial charge in [0.15, 0.2) is 6.10 Å². The van der Waals surface area contributed by atoms with Crippen molar-refractivity contribution in [1.82, 2.24) is 0 Å². The first kappa shape index (κ1) is 53.0. The van der Waals surface area contributed by atoms with E-state index in [1.165, 1.54) is 96.3 Å². The van der Waals surface area contributed by atoms with Gasteiger partial charge < -0.3 is 27.9 Å². The Morgan fingerprint density at radius 3 is 1.51 bits per heavy atom. The standard InChI is InChI=1S/C45H82NO8P/c1-6-8-10-12-14-16-18-20-21-22-23-24-26-27-29-31-33-35-37-44(47)51-41-43(42-53-55(49,50)52-40-39-46(3,4)5)54-45(48)38-36-34-32-30-28-25-19-17-15-13-11-9-7-2/h9,11,15,17,25,28,32,34,43H,6-8,10,12-14,16,18-24,26-27,29-31,33,35-42H2,1-5H3/b11-9-,17-15-,28-25-,34-32-. The Morgan fingerprint density at radius 1 is 0.582 bits per heavy atom. The summed E-state index contributed by atoms with van der Waals surface area (Å²) >= 11 is 0. The van der Waals surface area contributed by atoms with E-state index >= 15 is 0 Å². The third kappa shape index (κ3) is 41.4. The van der Waals surface area contributed by atoms with Crippen LogP contribution >= 0.6 is 7.82 Å². The summed E-state index contributed by atoms with van der Waals surface area (Å²) in [5, 5.41) is 0. The van der Waals surface area contributed by atoms with Crippen LogP contribution in [-0.4, -0.2) is 70.0 Å². The number of carbonyl (C=O) groups is 2. The van der Waals surface area contributed by atoms with Crippen LogP contribution in [0.4, 0.5) is 0 Å². The number of nitrogens with zero attached hydrogens (tertiary/aromatic N) is 1. The number of phosphoric ester groups is 1. The van der Waals surface area contributed by atoms with Crippen LogP contribution in [0.25, 0.3) is 0 Å². The summed E-state index contributed by atoms with van der Waals surface area (Å²) in [4.78, 5) is 37.4. The van der Waals surface area contributed by atoms with Gasteiger partial charge in [-0.1, -0.05) is 172 Å². The van der Waals surface area contributed by atoms with Gasteiger partial charge in [0.2, 0.25) is 0 Å². The predicted molar refractivity (Wildman–Crippen MR) is 227 cm³/mol. The number of allylic oxidation sites excluding steroid dienone is 8. The lowest BCUT2D eigenvalue weighted by Gasteiger charge is -2.28. The monoisotopic (exact) mass is 796 g/mol. The summed E-state index contributed by atoms with van der Waals surface area (Å²) in [5.74, 6) is -0.927. The highest BCUT2D eigenvalue weighted by Crippen LogP contribution is 2.38. The Balaban J connectivity index is 4.39. The Labute approximate surface area is 337 Å². The van der Waals surface area contributed by atoms with Crippen molar-refractivity contribution in [1.29, 1.82) is 0 Å². The number of quaternary nitrogens is 1. The van der Waals surface area contributed by atoms with Gasteiger partial charge in [0.1, 0.15) is 19.8 Å². The molecule has 320 valence electrons. The van der Waals surface area contributed by atoms with Crippen LogP contribution in [-0.2, 0) is 32.7 Å². The highest BCUT2D eigenvalue weighted by atomic mass is 31.2. The summed E-state index contributed by atoms with van der Waals surface area (Å²) in [6.07, 6.45) is 43.1. The van der Waals surface area contributed by atoms with Gasteiger partial charge in [0.25, 0.3) is 7.82 Å². The number of phosphoric acid groups is 1. The van der Waals surface area contributed by atoms with E-state index < -0.39 is 32.5 Å². The maximum Gasteiger partial charge on any atom is 0.306 e. The number of esters is 2. The molecule has 2 atom stereocenters. The number of rotatable bonds is 39. The fourth-order valence-electron chi connectivity index (χ4n) is 5.73. The van der Waals surface area contributed by atoms with Crippen molar-refractivity contribution in [2.75, 3.05) is 47.5 Å². The van der Waals surface area contributed by atoms with Crippen molar-refractivity contribution in [3.8, 4) is 0 Å². The highest BCUT2D eigenvalue weighted by Gasteiger charge is 2.21. The predicted octanol–water partition coefficient (Wildman–Crippen LogP) is 11.7. The van der Waals surface area contributed by atoms with E-state index in [1.54, 1.807) is 0 Å². The lowest BCUT2D eigenvalue weighted by atomic mass is 10.0. The molecule has 0 radical (unpaired) electrons. The van der Waals surface area contributed by atoms with Gasteiger partial charge in [-0.25, -0.2) is 0 Å². The van der Waals surface area contributed by atoms with E-state index in [4.69, 9.17) is 18.5 Å². The van der Waals surface area contributed by atoms with Crippen LogP contribution in [0.3, 0.4) is 0 Å². The molecule has 0 aliphatic carbocycles.